The molecule has 21 heavy (non-hydrogen) atoms. The number of nitrogens with zero attached hydrogens (tertiary/aromatic N) is 2. The Hall–Kier alpha value is -2.48. The molecule has 2 nitrogen and oxygen atoms in total. The average molecular weight is 274 g/mol. The molecule has 0 amide bonds. The largest absolute Gasteiger partial charge is 0.240 e. The van der Waals surface area contributed by atoms with E-state index < -0.39 is 0 Å². The highest BCUT2D eigenvalue weighted by molar-refractivity contribution is 5.61. The summed E-state index contributed by atoms with van der Waals surface area (Å²) in [5.41, 5.74) is 5.99. The van der Waals surface area contributed by atoms with Crippen LogP contribution in [-0.2, 0) is 6.42 Å². The average Bonchev–Trinajstić information content (AvgIpc) is 2.51. The maximum absolute atomic E-state index is 4.48. The van der Waals surface area contributed by atoms with Crippen LogP contribution in [0.15, 0.2) is 60.9 Å². The first-order valence-electron chi connectivity index (χ1n) is 7.14. The Morgan fingerprint density at radius 3 is 1.76 bits per heavy atom. The van der Waals surface area contributed by atoms with Gasteiger partial charge in [0, 0.05) is 24.4 Å². The molecule has 0 unspecified atom stereocenters. The van der Waals surface area contributed by atoms with Crippen molar-refractivity contribution in [2.24, 2.45) is 0 Å². The van der Waals surface area contributed by atoms with Gasteiger partial charge in [0.05, 0.1) is 0 Å². The Labute approximate surface area is 125 Å². The van der Waals surface area contributed by atoms with E-state index >= 15 is 0 Å². The van der Waals surface area contributed by atoms with Gasteiger partial charge in [-0.25, -0.2) is 9.97 Å². The molecule has 1 heterocycles. The van der Waals surface area contributed by atoms with Gasteiger partial charge >= 0.3 is 0 Å². The minimum Gasteiger partial charge on any atom is -0.240 e. The van der Waals surface area contributed by atoms with Crippen LogP contribution in [-0.4, -0.2) is 9.97 Å². The Morgan fingerprint density at radius 1 is 0.667 bits per heavy atom. The third kappa shape index (κ3) is 3.34. The predicted molar refractivity (Wildman–Crippen MR) is 86.2 cm³/mol. The van der Waals surface area contributed by atoms with Crippen LogP contribution in [0.25, 0.3) is 11.1 Å². The van der Waals surface area contributed by atoms with Gasteiger partial charge < -0.3 is 0 Å². The molecule has 0 aliphatic carbocycles. The van der Waals surface area contributed by atoms with Crippen molar-refractivity contribution in [3.63, 3.8) is 0 Å². The maximum Gasteiger partial charge on any atom is 0.132 e. The number of hydrogen-bond donors (Lipinski definition) is 0. The van der Waals surface area contributed by atoms with Gasteiger partial charge in [-0.2, -0.15) is 0 Å². The maximum atomic E-state index is 4.48. The van der Waals surface area contributed by atoms with Gasteiger partial charge in [-0.15, -0.1) is 0 Å². The first-order valence-corrected chi connectivity index (χ1v) is 7.14. The van der Waals surface area contributed by atoms with Crippen LogP contribution < -0.4 is 0 Å². The van der Waals surface area contributed by atoms with E-state index in [0.717, 1.165) is 23.4 Å². The summed E-state index contributed by atoms with van der Waals surface area (Å²) < 4.78 is 0. The first kappa shape index (κ1) is 13.5. The first-order chi connectivity index (χ1) is 10.2. The van der Waals surface area contributed by atoms with Crippen LogP contribution in [0, 0.1) is 13.8 Å². The van der Waals surface area contributed by atoms with Gasteiger partial charge in [0.25, 0.3) is 0 Å². The highest BCUT2D eigenvalue weighted by atomic mass is 14.9. The molecular weight excluding hydrogens is 256 g/mol. The lowest BCUT2D eigenvalue weighted by Gasteiger charge is -2.04. The Morgan fingerprint density at radius 2 is 1.19 bits per heavy atom. The van der Waals surface area contributed by atoms with Crippen molar-refractivity contribution in [1.29, 1.82) is 0 Å². The van der Waals surface area contributed by atoms with Crippen LogP contribution in [0.3, 0.4) is 0 Å². The highest BCUT2D eigenvalue weighted by Gasteiger charge is 2.02. The van der Waals surface area contributed by atoms with Crippen molar-refractivity contribution in [3.05, 3.63) is 83.4 Å². The van der Waals surface area contributed by atoms with Crippen molar-refractivity contribution < 1.29 is 0 Å². The molecule has 2 aromatic carbocycles. The van der Waals surface area contributed by atoms with E-state index in [1.54, 1.807) is 0 Å². The third-order valence-corrected chi connectivity index (χ3v) is 3.57. The molecule has 0 N–H and O–H groups in total. The van der Waals surface area contributed by atoms with Gasteiger partial charge in [-0.05, 0) is 25.0 Å². The summed E-state index contributed by atoms with van der Waals surface area (Å²) in [7, 11) is 0. The second kappa shape index (κ2) is 5.88. The molecule has 0 bridgehead atoms. The lowest BCUT2D eigenvalue weighted by atomic mass is 10.1. The third-order valence-electron chi connectivity index (χ3n) is 3.57. The van der Waals surface area contributed by atoms with Gasteiger partial charge in [0.15, 0.2) is 0 Å². The fourth-order valence-corrected chi connectivity index (χ4v) is 2.23. The normalized spacial score (nSPS) is 10.6. The Kier molecular flexibility index (Phi) is 3.78. The summed E-state index contributed by atoms with van der Waals surface area (Å²) in [6, 6.07) is 16.9. The van der Waals surface area contributed by atoms with Gasteiger partial charge in [0.1, 0.15) is 5.82 Å². The molecular formula is C19H18N2. The van der Waals surface area contributed by atoms with E-state index in [4.69, 9.17) is 0 Å². The lowest BCUT2D eigenvalue weighted by Crippen LogP contribution is -1.96. The Balaban J connectivity index is 1.77. The molecule has 0 aliphatic heterocycles. The molecule has 0 atom stereocenters. The standard InChI is InChI=1S/C19H18N2/c1-14-3-7-16(8-4-14)11-19-20-12-18(13-21-19)17-9-5-15(2)6-10-17/h3-10,12-13H,11H2,1-2H3. The van der Waals surface area contributed by atoms with Crippen LogP contribution in [0.2, 0.25) is 0 Å². The monoisotopic (exact) mass is 274 g/mol. The number of aryl methyl sites for hydroxylation is 2. The van der Waals surface area contributed by atoms with Crippen molar-refractivity contribution in [3.8, 4) is 11.1 Å². The van der Waals surface area contributed by atoms with E-state index in [-0.39, 0.29) is 0 Å². The fraction of sp³-hybridized carbons (Fsp3) is 0.158. The molecule has 0 fully saturated rings. The van der Waals surface area contributed by atoms with E-state index in [9.17, 15) is 0 Å². The molecule has 0 spiro atoms. The van der Waals surface area contributed by atoms with Crippen molar-refractivity contribution in [1.82, 2.24) is 9.97 Å². The zero-order valence-electron chi connectivity index (χ0n) is 12.4. The molecule has 0 saturated carbocycles. The van der Waals surface area contributed by atoms with Crippen LogP contribution in [0.4, 0.5) is 0 Å². The fourth-order valence-electron chi connectivity index (χ4n) is 2.23. The smallest absolute Gasteiger partial charge is 0.132 e. The number of benzene rings is 2. The minimum absolute atomic E-state index is 0.772. The zero-order valence-corrected chi connectivity index (χ0v) is 12.4. The highest BCUT2D eigenvalue weighted by Crippen LogP contribution is 2.18. The summed E-state index contributed by atoms with van der Waals surface area (Å²) in [6.07, 6.45) is 4.58. The molecule has 3 rings (SSSR count). The van der Waals surface area contributed by atoms with E-state index in [1.165, 1.54) is 16.7 Å². The predicted octanol–water partition coefficient (Wildman–Crippen LogP) is 4.35. The van der Waals surface area contributed by atoms with Gasteiger partial charge in [-0.1, -0.05) is 59.7 Å². The summed E-state index contributed by atoms with van der Waals surface area (Å²) in [5.74, 6) is 0.856. The number of hydrogen-bond acceptors (Lipinski definition) is 2. The quantitative estimate of drug-likeness (QED) is 0.709. The topological polar surface area (TPSA) is 25.8 Å². The molecule has 3 aromatic rings. The summed E-state index contributed by atoms with van der Waals surface area (Å²) in [4.78, 5) is 8.97. The molecule has 2 heteroatoms. The molecule has 0 saturated heterocycles. The second-order valence-corrected chi connectivity index (χ2v) is 5.42. The Bertz CT molecular complexity index is 711. The van der Waals surface area contributed by atoms with Crippen molar-refractivity contribution >= 4 is 0 Å². The van der Waals surface area contributed by atoms with Gasteiger partial charge in [-0.3, -0.25) is 0 Å². The number of rotatable bonds is 3. The van der Waals surface area contributed by atoms with E-state index in [1.807, 2.05) is 12.4 Å². The van der Waals surface area contributed by atoms with Crippen LogP contribution in [0.5, 0.6) is 0 Å². The summed E-state index contributed by atoms with van der Waals surface area (Å²) in [5, 5.41) is 0. The van der Waals surface area contributed by atoms with E-state index in [0.29, 0.717) is 0 Å². The minimum atomic E-state index is 0.772. The van der Waals surface area contributed by atoms with Crippen LogP contribution >= 0.6 is 0 Å². The van der Waals surface area contributed by atoms with Gasteiger partial charge in [0.2, 0.25) is 0 Å². The summed E-state index contributed by atoms with van der Waals surface area (Å²) >= 11 is 0. The summed E-state index contributed by atoms with van der Waals surface area (Å²) in [6.45, 7) is 4.18. The van der Waals surface area contributed by atoms with Crippen molar-refractivity contribution in [2.45, 2.75) is 20.3 Å². The zero-order chi connectivity index (χ0) is 14.7. The van der Waals surface area contributed by atoms with E-state index in [2.05, 4.69) is 72.3 Å². The number of aromatic nitrogens is 2. The second-order valence-electron chi connectivity index (χ2n) is 5.42. The van der Waals surface area contributed by atoms with Crippen LogP contribution in [0.1, 0.15) is 22.5 Å². The lowest BCUT2D eigenvalue weighted by molar-refractivity contribution is 0.969. The molecule has 0 radical (unpaired) electrons. The molecule has 0 aliphatic rings. The van der Waals surface area contributed by atoms with Crippen molar-refractivity contribution in [2.75, 3.05) is 0 Å². The SMILES string of the molecule is Cc1ccc(Cc2ncc(-c3ccc(C)cc3)cn2)cc1. The molecule has 104 valence electrons. The molecule has 1 aromatic heterocycles.